The normalized spacial score (nSPS) is 22.5. The van der Waals surface area contributed by atoms with Crippen LogP contribution in [0.1, 0.15) is 13.3 Å². The van der Waals surface area contributed by atoms with E-state index >= 15 is 0 Å². The molecule has 1 aromatic carbocycles. The van der Waals surface area contributed by atoms with Crippen molar-refractivity contribution in [2.75, 3.05) is 14.2 Å². The van der Waals surface area contributed by atoms with Gasteiger partial charge in [-0.25, -0.2) is 0 Å². The molecule has 0 radical (unpaired) electrons. The first-order valence-corrected chi connectivity index (χ1v) is 6.69. The summed E-state index contributed by atoms with van der Waals surface area (Å²) < 4.78 is 10.7. The maximum absolute atomic E-state index is 11.9. The third kappa shape index (κ3) is 3.16. The molecule has 114 valence electrons. The van der Waals surface area contributed by atoms with E-state index in [1.54, 1.807) is 38.4 Å². The Labute approximate surface area is 123 Å². The molecule has 6 heteroatoms. The largest absolute Gasteiger partial charge is 0.497 e. The highest BCUT2D eigenvalue weighted by Crippen LogP contribution is 2.28. The summed E-state index contributed by atoms with van der Waals surface area (Å²) in [4.78, 5) is 24.4. The Hall–Kier alpha value is -2.08. The zero-order valence-corrected chi connectivity index (χ0v) is 12.3. The van der Waals surface area contributed by atoms with Gasteiger partial charge in [-0.1, -0.05) is 0 Å². The Morgan fingerprint density at radius 3 is 2.43 bits per heavy atom. The standard InChI is InChI=1S/C15H19NO5/c1-9(17)8-12(18)13-14(15(19)16(13)2)21-11-6-4-10(20-3)5-7-11/h4-7,12-14,18H,8H2,1-3H3/t12-,13-,14+/m0/s1. The van der Waals surface area contributed by atoms with Crippen LogP contribution in [-0.4, -0.2) is 54.1 Å². The summed E-state index contributed by atoms with van der Waals surface area (Å²) >= 11 is 0. The van der Waals surface area contributed by atoms with Crippen LogP contribution in [0.15, 0.2) is 24.3 Å². The number of ether oxygens (including phenoxy) is 2. The number of aliphatic hydroxyl groups is 1. The van der Waals surface area contributed by atoms with Crippen LogP contribution >= 0.6 is 0 Å². The number of methoxy groups -OCH3 is 1. The Morgan fingerprint density at radius 2 is 1.90 bits per heavy atom. The Bertz CT molecular complexity index is 527. The van der Waals surface area contributed by atoms with Crippen molar-refractivity contribution in [2.24, 2.45) is 0 Å². The predicted octanol–water partition coefficient (Wildman–Crippen LogP) is 0.623. The van der Waals surface area contributed by atoms with Crippen molar-refractivity contribution in [1.29, 1.82) is 0 Å². The Balaban J connectivity index is 2.06. The van der Waals surface area contributed by atoms with Gasteiger partial charge in [0, 0.05) is 13.5 Å². The molecule has 3 atom stereocenters. The molecule has 0 spiro atoms. The number of nitrogens with zero attached hydrogens (tertiary/aromatic N) is 1. The minimum absolute atomic E-state index is 0.00472. The minimum atomic E-state index is -0.923. The molecule has 1 aliphatic rings. The maximum Gasteiger partial charge on any atom is 0.266 e. The lowest BCUT2D eigenvalue weighted by Gasteiger charge is -2.46. The monoisotopic (exact) mass is 293 g/mol. The second-order valence-corrected chi connectivity index (χ2v) is 5.13. The van der Waals surface area contributed by atoms with Crippen molar-refractivity contribution >= 4 is 11.7 Å². The van der Waals surface area contributed by atoms with E-state index in [4.69, 9.17) is 9.47 Å². The van der Waals surface area contributed by atoms with Crippen molar-refractivity contribution in [3.63, 3.8) is 0 Å². The quantitative estimate of drug-likeness (QED) is 0.778. The molecule has 0 saturated carbocycles. The van der Waals surface area contributed by atoms with Crippen LogP contribution in [0.3, 0.4) is 0 Å². The van der Waals surface area contributed by atoms with E-state index in [9.17, 15) is 14.7 Å². The lowest BCUT2D eigenvalue weighted by Crippen LogP contribution is -2.69. The molecular formula is C15H19NO5. The number of β-lactam (4-membered cyclic amide) rings is 1. The van der Waals surface area contributed by atoms with E-state index < -0.39 is 18.2 Å². The average molecular weight is 293 g/mol. The zero-order chi connectivity index (χ0) is 15.6. The van der Waals surface area contributed by atoms with Gasteiger partial charge in [-0.2, -0.15) is 0 Å². The lowest BCUT2D eigenvalue weighted by atomic mass is 9.91. The van der Waals surface area contributed by atoms with Crippen molar-refractivity contribution in [1.82, 2.24) is 4.90 Å². The van der Waals surface area contributed by atoms with E-state index in [1.165, 1.54) is 11.8 Å². The van der Waals surface area contributed by atoms with Gasteiger partial charge >= 0.3 is 0 Å². The number of ketones is 1. The summed E-state index contributed by atoms with van der Waals surface area (Å²) in [6.45, 7) is 1.41. The van der Waals surface area contributed by atoms with Gasteiger partial charge in [-0.3, -0.25) is 9.59 Å². The van der Waals surface area contributed by atoms with Gasteiger partial charge in [0.2, 0.25) is 0 Å². The fourth-order valence-electron chi connectivity index (χ4n) is 2.41. The molecule has 1 amide bonds. The molecule has 21 heavy (non-hydrogen) atoms. The van der Waals surface area contributed by atoms with Crippen molar-refractivity contribution in [2.45, 2.75) is 31.6 Å². The fraction of sp³-hybridized carbons (Fsp3) is 0.467. The number of aliphatic hydroxyl groups excluding tert-OH is 1. The second kappa shape index (κ2) is 6.13. The number of likely N-dealkylation sites (tertiary alicyclic amines) is 1. The van der Waals surface area contributed by atoms with Gasteiger partial charge in [-0.15, -0.1) is 0 Å². The molecule has 6 nitrogen and oxygen atoms in total. The number of hydrogen-bond acceptors (Lipinski definition) is 5. The summed E-state index contributed by atoms with van der Waals surface area (Å²) in [5.41, 5.74) is 0. The highest BCUT2D eigenvalue weighted by molar-refractivity contribution is 5.89. The van der Waals surface area contributed by atoms with Gasteiger partial charge in [0.15, 0.2) is 6.10 Å². The maximum atomic E-state index is 11.9. The molecule has 0 aromatic heterocycles. The van der Waals surface area contributed by atoms with Crippen LogP contribution in [0, 0.1) is 0 Å². The summed E-state index contributed by atoms with van der Waals surface area (Å²) in [7, 11) is 3.15. The molecule has 1 N–H and O–H groups in total. The molecule has 1 aliphatic heterocycles. The van der Waals surface area contributed by atoms with E-state index in [1.807, 2.05) is 0 Å². The van der Waals surface area contributed by atoms with Crippen molar-refractivity contribution in [3.05, 3.63) is 24.3 Å². The third-order valence-corrected chi connectivity index (χ3v) is 3.56. The fourth-order valence-corrected chi connectivity index (χ4v) is 2.41. The first-order valence-electron chi connectivity index (χ1n) is 6.69. The number of carbonyl (C=O) groups is 2. The van der Waals surface area contributed by atoms with Gasteiger partial charge in [0.05, 0.1) is 13.2 Å². The number of carbonyl (C=O) groups excluding carboxylic acids is 2. The highest BCUT2D eigenvalue weighted by Gasteiger charge is 2.50. The van der Waals surface area contributed by atoms with Crippen LogP contribution in [-0.2, 0) is 9.59 Å². The second-order valence-electron chi connectivity index (χ2n) is 5.13. The Morgan fingerprint density at radius 1 is 1.33 bits per heavy atom. The molecule has 0 bridgehead atoms. The topological polar surface area (TPSA) is 76.1 Å². The number of likely N-dealkylation sites (N-methyl/N-ethyl adjacent to an activating group) is 1. The van der Waals surface area contributed by atoms with Crippen LogP contribution in [0.2, 0.25) is 0 Å². The van der Waals surface area contributed by atoms with Crippen LogP contribution < -0.4 is 9.47 Å². The summed E-state index contributed by atoms with van der Waals surface area (Å²) in [6, 6.07) is 6.33. The van der Waals surface area contributed by atoms with Crippen molar-refractivity contribution < 1.29 is 24.2 Å². The predicted molar refractivity (Wildman–Crippen MR) is 75.3 cm³/mol. The number of amides is 1. The smallest absolute Gasteiger partial charge is 0.266 e. The average Bonchev–Trinajstić information content (AvgIpc) is 2.46. The van der Waals surface area contributed by atoms with E-state index in [0.29, 0.717) is 11.5 Å². The van der Waals surface area contributed by atoms with E-state index in [-0.39, 0.29) is 18.1 Å². The van der Waals surface area contributed by atoms with Crippen LogP contribution in [0.4, 0.5) is 0 Å². The first kappa shape index (κ1) is 15.3. The van der Waals surface area contributed by atoms with Crippen LogP contribution in [0.25, 0.3) is 0 Å². The molecule has 2 rings (SSSR count). The SMILES string of the molecule is COc1ccc(O[C@H]2C(=O)N(C)[C@H]2[C@@H](O)CC(C)=O)cc1. The summed E-state index contributed by atoms with van der Waals surface area (Å²) in [5.74, 6) is 0.867. The molecular weight excluding hydrogens is 274 g/mol. The molecule has 1 fully saturated rings. The van der Waals surface area contributed by atoms with Gasteiger partial charge < -0.3 is 19.5 Å². The molecule has 1 heterocycles. The summed E-state index contributed by atoms with van der Waals surface area (Å²) in [6.07, 6.45) is -1.68. The zero-order valence-electron chi connectivity index (χ0n) is 12.3. The first-order chi connectivity index (χ1) is 9.93. The molecule has 1 aromatic rings. The molecule has 0 unspecified atom stereocenters. The summed E-state index contributed by atoms with van der Waals surface area (Å²) in [5, 5.41) is 10.0. The van der Waals surface area contributed by atoms with Crippen molar-refractivity contribution in [3.8, 4) is 11.5 Å². The van der Waals surface area contributed by atoms with E-state index in [0.717, 1.165) is 0 Å². The number of Topliss-reactive ketones (excluding diaryl/α,β-unsaturated/α-hetero) is 1. The van der Waals surface area contributed by atoms with Gasteiger partial charge in [0.25, 0.3) is 5.91 Å². The van der Waals surface area contributed by atoms with Gasteiger partial charge in [0.1, 0.15) is 23.3 Å². The minimum Gasteiger partial charge on any atom is -0.497 e. The molecule has 1 saturated heterocycles. The number of hydrogen-bond donors (Lipinski definition) is 1. The molecule has 0 aliphatic carbocycles. The number of benzene rings is 1. The number of rotatable bonds is 6. The lowest BCUT2D eigenvalue weighted by molar-refractivity contribution is -0.170. The Kier molecular flexibility index (Phi) is 4.47. The van der Waals surface area contributed by atoms with E-state index in [2.05, 4.69) is 0 Å². The van der Waals surface area contributed by atoms with Crippen LogP contribution in [0.5, 0.6) is 11.5 Å². The third-order valence-electron chi connectivity index (χ3n) is 3.56. The van der Waals surface area contributed by atoms with Gasteiger partial charge in [-0.05, 0) is 31.2 Å². The highest BCUT2D eigenvalue weighted by atomic mass is 16.5.